The summed E-state index contributed by atoms with van der Waals surface area (Å²) in [6.45, 7) is 7.95. The number of nitrogens with two attached hydrogens (primary N) is 1. The van der Waals surface area contributed by atoms with Crippen molar-refractivity contribution in [1.82, 2.24) is 0 Å². The summed E-state index contributed by atoms with van der Waals surface area (Å²) in [5.41, 5.74) is 6.54. The molecule has 0 aliphatic heterocycles. The fourth-order valence-corrected chi connectivity index (χ4v) is 3.06. The van der Waals surface area contributed by atoms with Crippen LogP contribution in [0.1, 0.15) is 65.7 Å². The second kappa shape index (κ2) is 5.89. The number of hydrogen-bond donors (Lipinski definition) is 1. The summed E-state index contributed by atoms with van der Waals surface area (Å²) in [5, 5.41) is 0. The molecule has 1 heteroatoms. The van der Waals surface area contributed by atoms with Gasteiger partial charge >= 0.3 is 0 Å². The van der Waals surface area contributed by atoms with Gasteiger partial charge in [0.05, 0.1) is 0 Å². The molecule has 1 saturated carbocycles. The highest BCUT2D eigenvalue weighted by atomic mass is 14.6. The number of hydrogen-bond acceptors (Lipinski definition) is 1. The van der Waals surface area contributed by atoms with Gasteiger partial charge in [0.15, 0.2) is 0 Å². The van der Waals surface area contributed by atoms with Crippen LogP contribution in [0.4, 0.5) is 0 Å². The molecule has 0 aromatic rings. The molecule has 2 N–H and O–H groups in total. The highest BCUT2D eigenvalue weighted by molar-refractivity contribution is 4.87. The molecule has 90 valence electrons. The van der Waals surface area contributed by atoms with E-state index in [9.17, 15) is 0 Å². The molecular weight excluding hydrogens is 182 g/mol. The Morgan fingerprint density at radius 3 is 2.13 bits per heavy atom. The van der Waals surface area contributed by atoms with Crippen LogP contribution < -0.4 is 5.73 Å². The lowest BCUT2D eigenvalue weighted by atomic mass is 9.66. The van der Waals surface area contributed by atoms with Gasteiger partial charge in [0.25, 0.3) is 0 Å². The van der Waals surface area contributed by atoms with Crippen molar-refractivity contribution < 1.29 is 0 Å². The van der Waals surface area contributed by atoms with E-state index in [4.69, 9.17) is 5.73 Å². The van der Waals surface area contributed by atoms with Crippen LogP contribution in [0, 0.1) is 17.3 Å². The van der Waals surface area contributed by atoms with Gasteiger partial charge in [-0.1, -0.05) is 46.5 Å². The van der Waals surface area contributed by atoms with Crippen LogP contribution in [-0.2, 0) is 0 Å². The standard InChI is InChI=1S/C14H29N/c1-4-13(5-2)10-14(11-15)8-6-12(3)7-9-14/h12-13H,4-11,15H2,1-3H3. The molecule has 0 spiro atoms. The highest BCUT2D eigenvalue weighted by Gasteiger charge is 2.34. The zero-order valence-corrected chi connectivity index (χ0v) is 10.9. The molecule has 1 rings (SSSR count). The molecule has 0 saturated heterocycles. The van der Waals surface area contributed by atoms with Crippen molar-refractivity contribution in [3.8, 4) is 0 Å². The SMILES string of the molecule is CCC(CC)CC1(CN)CCC(C)CC1. The Morgan fingerprint density at radius 2 is 1.73 bits per heavy atom. The fraction of sp³-hybridized carbons (Fsp3) is 1.00. The molecule has 1 aliphatic carbocycles. The summed E-state index contributed by atoms with van der Waals surface area (Å²) >= 11 is 0. The number of rotatable bonds is 5. The van der Waals surface area contributed by atoms with E-state index >= 15 is 0 Å². The molecule has 1 fully saturated rings. The molecule has 0 heterocycles. The predicted molar refractivity (Wildman–Crippen MR) is 67.8 cm³/mol. The molecule has 0 aromatic carbocycles. The van der Waals surface area contributed by atoms with Gasteiger partial charge in [0.2, 0.25) is 0 Å². The van der Waals surface area contributed by atoms with Crippen LogP contribution in [0.15, 0.2) is 0 Å². The van der Waals surface area contributed by atoms with E-state index in [-0.39, 0.29) is 0 Å². The monoisotopic (exact) mass is 211 g/mol. The smallest absolute Gasteiger partial charge is 0.00204 e. The minimum atomic E-state index is 0.503. The van der Waals surface area contributed by atoms with Crippen molar-refractivity contribution in [1.29, 1.82) is 0 Å². The first-order valence-corrected chi connectivity index (χ1v) is 6.86. The summed E-state index contributed by atoms with van der Waals surface area (Å²) in [7, 11) is 0. The van der Waals surface area contributed by atoms with Gasteiger partial charge in [0, 0.05) is 0 Å². The van der Waals surface area contributed by atoms with Gasteiger partial charge in [-0.2, -0.15) is 0 Å². The molecule has 0 bridgehead atoms. The first-order valence-electron chi connectivity index (χ1n) is 6.86. The van der Waals surface area contributed by atoms with E-state index in [0.717, 1.165) is 18.4 Å². The van der Waals surface area contributed by atoms with Crippen molar-refractivity contribution in [3.63, 3.8) is 0 Å². The van der Waals surface area contributed by atoms with Gasteiger partial charge in [-0.15, -0.1) is 0 Å². The van der Waals surface area contributed by atoms with Crippen molar-refractivity contribution in [2.45, 2.75) is 65.7 Å². The summed E-state index contributed by atoms with van der Waals surface area (Å²) in [6, 6.07) is 0. The zero-order valence-electron chi connectivity index (χ0n) is 10.9. The summed E-state index contributed by atoms with van der Waals surface area (Å²) in [5.74, 6) is 1.84. The average Bonchev–Trinajstić information content (AvgIpc) is 2.29. The summed E-state index contributed by atoms with van der Waals surface area (Å²) in [4.78, 5) is 0. The van der Waals surface area contributed by atoms with Crippen LogP contribution in [0.25, 0.3) is 0 Å². The maximum Gasteiger partial charge on any atom is -0.00204 e. The Morgan fingerprint density at radius 1 is 1.20 bits per heavy atom. The van der Waals surface area contributed by atoms with Gasteiger partial charge < -0.3 is 5.73 Å². The molecule has 0 unspecified atom stereocenters. The predicted octanol–water partition coefficient (Wildman–Crippen LogP) is 3.97. The Kier molecular flexibility index (Phi) is 5.11. The lowest BCUT2D eigenvalue weighted by Gasteiger charge is -2.40. The van der Waals surface area contributed by atoms with Crippen LogP contribution in [0.3, 0.4) is 0 Å². The molecule has 0 amide bonds. The zero-order chi connectivity index (χ0) is 11.3. The Balaban J connectivity index is 2.52. The molecule has 1 aliphatic rings. The highest BCUT2D eigenvalue weighted by Crippen LogP contribution is 2.43. The van der Waals surface area contributed by atoms with E-state index in [2.05, 4.69) is 20.8 Å². The van der Waals surface area contributed by atoms with Crippen LogP contribution in [-0.4, -0.2) is 6.54 Å². The van der Waals surface area contributed by atoms with Gasteiger partial charge in [0.1, 0.15) is 0 Å². The maximum absolute atomic E-state index is 6.04. The van der Waals surface area contributed by atoms with Crippen molar-refractivity contribution in [2.24, 2.45) is 23.0 Å². The van der Waals surface area contributed by atoms with E-state index in [1.807, 2.05) is 0 Å². The third-order valence-electron chi connectivity index (χ3n) is 4.64. The normalized spacial score (nSPS) is 32.2. The first kappa shape index (κ1) is 13.0. The van der Waals surface area contributed by atoms with E-state index < -0.39 is 0 Å². The van der Waals surface area contributed by atoms with E-state index in [0.29, 0.717) is 5.41 Å². The van der Waals surface area contributed by atoms with Gasteiger partial charge in [-0.05, 0) is 43.1 Å². The Labute approximate surface area is 95.8 Å². The molecular formula is C14H29N. The molecule has 0 radical (unpaired) electrons. The van der Waals surface area contributed by atoms with E-state index in [1.54, 1.807) is 0 Å². The fourth-order valence-electron chi connectivity index (χ4n) is 3.06. The van der Waals surface area contributed by atoms with Crippen LogP contribution >= 0.6 is 0 Å². The third kappa shape index (κ3) is 3.48. The lowest BCUT2D eigenvalue weighted by molar-refractivity contribution is 0.122. The maximum atomic E-state index is 6.04. The van der Waals surface area contributed by atoms with Crippen molar-refractivity contribution in [2.75, 3.05) is 6.54 Å². The molecule has 1 nitrogen and oxygen atoms in total. The lowest BCUT2D eigenvalue weighted by Crippen LogP contribution is -2.36. The Hall–Kier alpha value is -0.0400. The first-order chi connectivity index (χ1) is 7.15. The largest absolute Gasteiger partial charge is 0.330 e. The van der Waals surface area contributed by atoms with Gasteiger partial charge in [-0.25, -0.2) is 0 Å². The molecule has 0 aromatic heterocycles. The average molecular weight is 211 g/mol. The topological polar surface area (TPSA) is 26.0 Å². The van der Waals surface area contributed by atoms with Crippen molar-refractivity contribution >= 4 is 0 Å². The molecule has 0 atom stereocenters. The van der Waals surface area contributed by atoms with Gasteiger partial charge in [-0.3, -0.25) is 0 Å². The second-order valence-corrected chi connectivity index (χ2v) is 5.77. The molecule has 15 heavy (non-hydrogen) atoms. The Bertz CT molecular complexity index is 164. The van der Waals surface area contributed by atoms with E-state index in [1.165, 1.54) is 44.9 Å². The van der Waals surface area contributed by atoms with Crippen LogP contribution in [0.2, 0.25) is 0 Å². The minimum Gasteiger partial charge on any atom is -0.330 e. The second-order valence-electron chi connectivity index (χ2n) is 5.77. The minimum absolute atomic E-state index is 0.503. The van der Waals surface area contributed by atoms with Crippen molar-refractivity contribution in [3.05, 3.63) is 0 Å². The quantitative estimate of drug-likeness (QED) is 0.731. The summed E-state index contributed by atoms with van der Waals surface area (Å²) in [6.07, 6.45) is 9.59. The third-order valence-corrected chi connectivity index (χ3v) is 4.64. The van der Waals surface area contributed by atoms with Crippen LogP contribution in [0.5, 0.6) is 0 Å². The summed E-state index contributed by atoms with van der Waals surface area (Å²) < 4.78 is 0.